The molecule has 0 radical (unpaired) electrons. The summed E-state index contributed by atoms with van der Waals surface area (Å²) in [6, 6.07) is 0. The first-order valence-electron chi connectivity index (χ1n) is 5.04. The van der Waals surface area contributed by atoms with Crippen molar-refractivity contribution in [2.24, 2.45) is 5.73 Å². The van der Waals surface area contributed by atoms with E-state index in [1.54, 1.807) is 6.92 Å². The highest BCUT2D eigenvalue weighted by Crippen LogP contribution is 2.07. The van der Waals surface area contributed by atoms with E-state index >= 15 is 0 Å². The lowest BCUT2D eigenvalue weighted by Gasteiger charge is -2.11. The predicted octanol–water partition coefficient (Wildman–Crippen LogP) is 0.565. The zero-order chi connectivity index (χ0) is 11.0. The molecule has 5 heteroatoms. The molecule has 0 aliphatic heterocycles. The fourth-order valence-corrected chi connectivity index (χ4v) is 2.54. The van der Waals surface area contributed by atoms with Gasteiger partial charge >= 0.3 is 0 Å². The molecule has 0 aromatic heterocycles. The van der Waals surface area contributed by atoms with Crippen molar-refractivity contribution in [1.29, 1.82) is 0 Å². The van der Waals surface area contributed by atoms with Crippen LogP contribution in [0.2, 0.25) is 0 Å². The van der Waals surface area contributed by atoms with Crippen molar-refractivity contribution in [2.75, 3.05) is 25.5 Å². The molecule has 0 spiro atoms. The number of ether oxygens (including phenoxy) is 1. The highest BCUT2D eigenvalue weighted by molar-refractivity contribution is 7.91. The first kappa shape index (κ1) is 13.9. The number of nitrogens with two attached hydrogens (primary N) is 1. The maximum absolute atomic E-state index is 11.6. The predicted molar refractivity (Wildman–Crippen MR) is 58.0 cm³/mol. The summed E-state index contributed by atoms with van der Waals surface area (Å²) < 4.78 is 28.2. The normalized spacial score (nSPS) is 14.2. The van der Waals surface area contributed by atoms with Gasteiger partial charge < -0.3 is 10.5 Å². The lowest BCUT2D eigenvalue weighted by Crippen LogP contribution is -2.24. The van der Waals surface area contributed by atoms with Gasteiger partial charge in [0.1, 0.15) is 0 Å². The Bertz CT molecular complexity index is 226. The van der Waals surface area contributed by atoms with Crippen LogP contribution < -0.4 is 5.73 Å². The Hall–Kier alpha value is -0.130. The summed E-state index contributed by atoms with van der Waals surface area (Å²) in [5.41, 5.74) is 5.31. The Balaban J connectivity index is 3.83. The van der Waals surface area contributed by atoms with Gasteiger partial charge in [0.25, 0.3) is 0 Å². The van der Waals surface area contributed by atoms with Gasteiger partial charge in [-0.15, -0.1) is 0 Å². The first-order chi connectivity index (χ1) is 6.54. The van der Waals surface area contributed by atoms with Crippen LogP contribution in [-0.2, 0) is 14.6 Å². The van der Waals surface area contributed by atoms with Crippen molar-refractivity contribution in [3.63, 3.8) is 0 Å². The quantitative estimate of drug-likeness (QED) is 0.611. The van der Waals surface area contributed by atoms with Gasteiger partial charge in [-0.1, -0.05) is 0 Å². The molecule has 2 N–H and O–H groups in total. The maximum atomic E-state index is 11.6. The highest BCUT2D eigenvalue weighted by Gasteiger charge is 2.19. The molecule has 0 saturated carbocycles. The van der Waals surface area contributed by atoms with E-state index in [2.05, 4.69) is 0 Å². The van der Waals surface area contributed by atoms with E-state index in [-0.39, 0.29) is 11.0 Å². The van der Waals surface area contributed by atoms with E-state index in [0.717, 1.165) is 0 Å². The van der Waals surface area contributed by atoms with Crippen LogP contribution in [0.15, 0.2) is 0 Å². The molecule has 0 fully saturated rings. The van der Waals surface area contributed by atoms with E-state index < -0.39 is 9.84 Å². The summed E-state index contributed by atoms with van der Waals surface area (Å²) in [4.78, 5) is 0. The Morgan fingerprint density at radius 2 is 2.07 bits per heavy atom. The van der Waals surface area contributed by atoms with Crippen molar-refractivity contribution in [1.82, 2.24) is 0 Å². The molecule has 0 aliphatic carbocycles. The monoisotopic (exact) mass is 223 g/mol. The lowest BCUT2D eigenvalue weighted by molar-refractivity contribution is 0.148. The van der Waals surface area contributed by atoms with Crippen molar-refractivity contribution < 1.29 is 13.2 Å². The van der Waals surface area contributed by atoms with Gasteiger partial charge in [0, 0.05) is 13.2 Å². The molecule has 0 bridgehead atoms. The van der Waals surface area contributed by atoms with Crippen LogP contribution >= 0.6 is 0 Å². The summed E-state index contributed by atoms with van der Waals surface area (Å²) in [7, 11) is -2.96. The lowest BCUT2D eigenvalue weighted by atomic mass is 10.3. The zero-order valence-corrected chi connectivity index (χ0v) is 9.85. The molecular formula is C9H21NO3S. The van der Waals surface area contributed by atoms with Gasteiger partial charge in [0.15, 0.2) is 9.84 Å². The summed E-state index contributed by atoms with van der Waals surface area (Å²) >= 11 is 0. The molecule has 0 heterocycles. The third-order valence-electron chi connectivity index (χ3n) is 2.11. The molecule has 0 aliphatic rings. The Morgan fingerprint density at radius 3 is 2.57 bits per heavy atom. The van der Waals surface area contributed by atoms with Gasteiger partial charge in [-0.05, 0) is 33.2 Å². The van der Waals surface area contributed by atoms with Crippen LogP contribution in [0, 0.1) is 0 Å². The second kappa shape index (κ2) is 7.20. The van der Waals surface area contributed by atoms with Gasteiger partial charge in [-0.25, -0.2) is 8.42 Å². The summed E-state index contributed by atoms with van der Waals surface area (Å²) in [5.74, 6) is 0.203. The molecule has 14 heavy (non-hydrogen) atoms. The largest absolute Gasteiger partial charge is 0.382 e. The molecule has 4 nitrogen and oxygen atoms in total. The fourth-order valence-electron chi connectivity index (χ4n) is 1.12. The minimum Gasteiger partial charge on any atom is -0.382 e. The number of hydrogen-bond donors (Lipinski definition) is 1. The number of rotatable bonds is 8. The minimum absolute atomic E-state index is 0.203. The summed E-state index contributed by atoms with van der Waals surface area (Å²) in [6.45, 7) is 5.18. The smallest absolute Gasteiger partial charge is 0.153 e. The second-order valence-electron chi connectivity index (χ2n) is 3.31. The van der Waals surface area contributed by atoms with Crippen LogP contribution in [0.3, 0.4) is 0 Å². The molecule has 0 rings (SSSR count). The van der Waals surface area contributed by atoms with E-state index in [0.29, 0.717) is 32.6 Å². The second-order valence-corrected chi connectivity index (χ2v) is 5.84. The summed E-state index contributed by atoms with van der Waals surface area (Å²) in [6.07, 6.45) is 1.11. The van der Waals surface area contributed by atoms with E-state index in [1.807, 2.05) is 6.92 Å². The van der Waals surface area contributed by atoms with Gasteiger partial charge in [0.05, 0.1) is 11.0 Å². The van der Waals surface area contributed by atoms with Crippen LogP contribution in [0.4, 0.5) is 0 Å². The van der Waals surface area contributed by atoms with Crippen LogP contribution in [0.25, 0.3) is 0 Å². The third kappa shape index (κ3) is 5.57. The molecule has 86 valence electrons. The van der Waals surface area contributed by atoms with Crippen LogP contribution in [-0.4, -0.2) is 39.2 Å². The molecule has 1 atom stereocenters. The van der Waals surface area contributed by atoms with E-state index in [1.165, 1.54) is 0 Å². The average molecular weight is 223 g/mol. The van der Waals surface area contributed by atoms with Gasteiger partial charge in [-0.2, -0.15) is 0 Å². The maximum Gasteiger partial charge on any atom is 0.153 e. The van der Waals surface area contributed by atoms with E-state index in [4.69, 9.17) is 10.5 Å². The fraction of sp³-hybridized carbons (Fsp3) is 1.00. The Kier molecular flexibility index (Phi) is 7.13. The topological polar surface area (TPSA) is 69.4 Å². The van der Waals surface area contributed by atoms with Crippen molar-refractivity contribution in [3.05, 3.63) is 0 Å². The van der Waals surface area contributed by atoms with E-state index in [9.17, 15) is 8.42 Å². The van der Waals surface area contributed by atoms with Crippen LogP contribution in [0.5, 0.6) is 0 Å². The molecule has 0 aromatic carbocycles. The highest BCUT2D eigenvalue weighted by atomic mass is 32.2. The van der Waals surface area contributed by atoms with Gasteiger partial charge in [0.2, 0.25) is 0 Å². The molecule has 1 unspecified atom stereocenters. The standard InChI is InChI=1S/C9H21NO3S/c1-3-13-7-4-8-14(11,12)9(2)5-6-10/h9H,3-8,10H2,1-2H3. The van der Waals surface area contributed by atoms with Gasteiger partial charge in [-0.3, -0.25) is 0 Å². The zero-order valence-electron chi connectivity index (χ0n) is 9.03. The molecule has 0 saturated heterocycles. The number of hydrogen-bond acceptors (Lipinski definition) is 4. The van der Waals surface area contributed by atoms with Crippen LogP contribution in [0.1, 0.15) is 26.7 Å². The summed E-state index contributed by atoms with van der Waals surface area (Å²) in [5, 5.41) is -0.325. The Labute approximate surface area is 86.7 Å². The molecule has 0 aromatic rings. The van der Waals surface area contributed by atoms with Crippen molar-refractivity contribution >= 4 is 9.84 Å². The minimum atomic E-state index is -2.96. The number of sulfone groups is 1. The third-order valence-corrected chi connectivity index (χ3v) is 4.43. The molecular weight excluding hydrogens is 202 g/mol. The van der Waals surface area contributed by atoms with Crippen molar-refractivity contribution in [2.45, 2.75) is 31.9 Å². The average Bonchev–Trinajstić information content (AvgIpc) is 2.13. The SMILES string of the molecule is CCOCCCS(=O)(=O)C(C)CCN. The molecule has 0 amide bonds. The Morgan fingerprint density at radius 1 is 1.43 bits per heavy atom. The van der Waals surface area contributed by atoms with Crippen molar-refractivity contribution in [3.8, 4) is 0 Å². The first-order valence-corrected chi connectivity index (χ1v) is 6.75.